The summed E-state index contributed by atoms with van der Waals surface area (Å²) in [7, 11) is 0. The lowest BCUT2D eigenvalue weighted by atomic mass is 10.2. The zero-order chi connectivity index (χ0) is 13.9. The molecule has 0 spiro atoms. The summed E-state index contributed by atoms with van der Waals surface area (Å²) in [5.74, 6) is 1.11. The molecular formula is C15H23N5. The van der Waals surface area contributed by atoms with Gasteiger partial charge in [0.25, 0.3) is 0 Å². The average molecular weight is 273 g/mol. The first-order valence-corrected chi connectivity index (χ1v) is 7.48. The van der Waals surface area contributed by atoms with E-state index in [1.54, 1.807) is 0 Å². The van der Waals surface area contributed by atoms with Gasteiger partial charge < -0.3 is 9.13 Å². The second-order valence-electron chi connectivity index (χ2n) is 5.56. The summed E-state index contributed by atoms with van der Waals surface area (Å²) in [5.41, 5.74) is 1.32. The highest BCUT2D eigenvalue weighted by molar-refractivity contribution is 5.00. The Labute approximate surface area is 120 Å². The Morgan fingerprint density at radius 1 is 1.35 bits per heavy atom. The molecule has 1 atom stereocenters. The number of rotatable bonds is 5. The molecule has 0 amide bonds. The van der Waals surface area contributed by atoms with Crippen molar-refractivity contribution in [3.63, 3.8) is 0 Å². The molecule has 2 aromatic heterocycles. The minimum absolute atomic E-state index is 0.614. The highest BCUT2D eigenvalue weighted by Gasteiger charge is 2.25. The van der Waals surface area contributed by atoms with Crippen LogP contribution in [0.5, 0.6) is 0 Å². The van der Waals surface area contributed by atoms with E-state index in [-0.39, 0.29) is 0 Å². The highest BCUT2D eigenvalue weighted by atomic mass is 15.2. The minimum atomic E-state index is 0.614. The van der Waals surface area contributed by atoms with Crippen molar-refractivity contribution < 1.29 is 0 Å². The number of hydrogen-bond acceptors (Lipinski definition) is 3. The van der Waals surface area contributed by atoms with Gasteiger partial charge in [0.05, 0.1) is 12.0 Å². The molecular weight excluding hydrogens is 250 g/mol. The molecule has 1 unspecified atom stereocenters. The second kappa shape index (κ2) is 5.79. The van der Waals surface area contributed by atoms with Crippen LogP contribution >= 0.6 is 0 Å². The van der Waals surface area contributed by atoms with Gasteiger partial charge in [0.1, 0.15) is 5.82 Å². The van der Waals surface area contributed by atoms with Crippen LogP contribution in [-0.4, -0.2) is 36.6 Å². The fraction of sp³-hybridized carbons (Fsp3) is 0.600. The van der Waals surface area contributed by atoms with E-state index in [1.807, 2.05) is 18.7 Å². The van der Waals surface area contributed by atoms with Crippen molar-refractivity contribution in [3.8, 4) is 0 Å². The van der Waals surface area contributed by atoms with E-state index in [0.29, 0.717) is 6.04 Å². The second-order valence-corrected chi connectivity index (χ2v) is 5.56. The highest BCUT2D eigenvalue weighted by Crippen LogP contribution is 2.21. The van der Waals surface area contributed by atoms with Crippen molar-refractivity contribution in [2.45, 2.75) is 52.4 Å². The molecule has 0 saturated carbocycles. The summed E-state index contributed by atoms with van der Waals surface area (Å²) in [6, 6.07) is 0.614. The Kier molecular flexibility index (Phi) is 3.87. The molecule has 0 aromatic carbocycles. The Hall–Kier alpha value is -1.62. The predicted octanol–water partition coefficient (Wildman–Crippen LogP) is 2.07. The van der Waals surface area contributed by atoms with Crippen molar-refractivity contribution in [2.75, 3.05) is 6.54 Å². The number of imidazole rings is 2. The van der Waals surface area contributed by atoms with Crippen LogP contribution in [0.15, 0.2) is 24.9 Å². The normalized spacial score (nSPS) is 19.8. The molecule has 0 aliphatic carbocycles. The summed E-state index contributed by atoms with van der Waals surface area (Å²) >= 11 is 0. The first-order valence-electron chi connectivity index (χ1n) is 7.48. The van der Waals surface area contributed by atoms with E-state index in [1.165, 1.54) is 25.1 Å². The van der Waals surface area contributed by atoms with Gasteiger partial charge >= 0.3 is 0 Å². The van der Waals surface area contributed by atoms with Crippen molar-refractivity contribution in [2.24, 2.45) is 0 Å². The zero-order valence-corrected chi connectivity index (χ0v) is 12.4. The van der Waals surface area contributed by atoms with Crippen molar-refractivity contribution in [3.05, 3.63) is 36.4 Å². The molecule has 0 radical (unpaired) electrons. The number of aromatic nitrogens is 4. The van der Waals surface area contributed by atoms with Crippen molar-refractivity contribution in [1.29, 1.82) is 0 Å². The van der Waals surface area contributed by atoms with Crippen LogP contribution in [0.3, 0.4) is 0 Å². The molecule has 0 bridgehead atoms. The molecule has 5 nitrogen and oxygen atoms in total. The van der Waals surface area contributed by atoms with Gasteiger partial charge in [0.15, 0.2) is 0 Å². The monoisotopic (exact) mass is 273 g/mol. The largest absolute Gasteiger partial charge is 0.334 e. The van der Waals surface area contributed by atoms with E-state index >= 15 is 0 Å². The van der Waals surface area contributed by atoms with Gasteiger partial charge in [-0.05, 0) is 33.2 Å². The standard InChI is InChI=1S/C15H23N5/c1-3-18-12-16-9-15(18)11-20-7-4-5-14(20)10-19-8-6-17-13(19)2/h6,8-9,12,14H,3-5,7,10-11H2,1-2H3. The number of hydrogen-bond donors (Lipinski definition) is 0. The third-order valence-corrected chi connectivity index (χ3v) is 4.33. The Morgan fingerprint density at radius 2 is 2.25 bits per heavy atom. The first kappa shape index (κ1) is 13.4. The summed E-state index contributed by atoms with van der Waals surface area (Å²) in [6.07, 6.45) is 10.5. The first-order chi connectivity index (χ1) is 9.78. The van der Waals surface area contributed by atoms with Crippen LogP contribution in [0.1, 0.15) is 31.3 Å². The average Bonchev–Trinajstić information content (AvgIpc) is 3.15. The third-order valence-electron chi connectivity index (χ3n) is 4.33. The minimum Gasteiger partial charge on any atom is -0.334 e. The maximum Gasteiger partial charge on any atom is 0.105 e. The van der Waals surface area contributed by atoms with Crippen molar-refractivity contribution >= 4 is 0 Å². The summed E-state index contributed by atoms with van der Waals surface area (Å²) in [6.45, 7) is 8.48. The predicted molar refractivity (Wildman–Crippen MR) is 78.3 cm³/mol. The van der Waals surface area contributed by atoms with Crippen LogP contribution in [0, 0.1) is 6.92 Å². The smallest absolute Gasteiger partial charge is 0.105 e. The molecule has 1 aliphatic heterocycles. The summed E-state index contributed by atoms with van der Waals surface area (Å²) in [4.78, 5) is 11.2. The fourth-order valence-electron chi connectivity index (χ4n) is 3.11. The Bertz CT molecular complexity index is 556. The van der Waals surface area contributed by atoms with E-state index in [2.05, 4.69) is 44.0 Å². The van der Waals surface area contributed by atoms with Gasteiger partial charge in [0.2, 0.25) is 0 Å². The third kappa shape index (κ3) is 2.63. The van der Waals surface area contributed by atoms with Gasteiger partial charge in [-0.15, -0.1) is 0 Å². The molecule has 2 aromatic rings. The molecule has 3 rings (SSSR count). The van der Waals surface area contributed by atoms with Crippen LogP contribution in [0.25, 0.3) is 0 Å². The fourth-order valence-corrected chi connectivity index (χ4v) is 3.11. The van der Waals surface area contributed by atoms with E-state index in [0.717, 1.165) is 25.5 Å². The molecule has 1 saturated heterocycles. The SMILES string of the molecule is CCn1cncc1CN1CCCC1Cn1ccnc1C. The molecule has 5 heteroatoms. The number of nitrogens with zero attached hydrogens (tertiary/aromatic N) is 5. The molecule has 108 valence electrons. The quantitative estimate of drug-likeness (QED) is 0.837. The lowest BCUT2D eigenvalue weighted by Crippen LogP contribution is -2.33. The molecule has 1 aliphatic rings. The molecule has 0 N–H and O–H groups in total. The van der Waals surface area contributed by atoms with Crippen LogP contribution in [-0.2, 0) is 19.6 Å². The van der Waals surface area contributed by atoms with Crippen LogP contribution < -0.4 is 0 Å². The van der Waals surface area contributed by atoms with E-state index in [4.69, 9.17) is 0 Å². The van der Waals surface area contributed by atoms with Gasteiger partial charge in [-0.1, -0.05) is 0 Å². The lowest BCUT2D eigenvalue weighted by Gasteiger charge is -2.25. The van der Waals surface area contributed by atoms with Gasteiger partial charge in [-0.3, -0.25) is 4.90 Å². The van der Waals surface area contributed by atoms with Gasteiger partial charge in [-0.2, -0.15) is 0 Å². The Balaban J connectivity index is 1.68. The number of aryl methyl sites for hydroxylation is 2. The lowest BCUT2D eigenvalue weighted by molar-refractivity contribution is 0.218. The van der Waals surface area contributed by atoms with Crippen LogP contribution in [0.2, 0.25) is 0 Å². The summed E-state index contributed by atoms with van der Waals surface area (Å²) < 4.78 is 4.50. The zero-order valence-electron chi connectivity index (χ0n) is 12.4. The maximum absolute atomic E-state index is 4.32. The topological polar surface area (TPSA) is 38.9 Å². The Morgan fingerprint density at radius 3 is 3.00 bits per heavy atom. The van der Waals surface area contributed by atoms with E-state index < -0.39 is 0 Å². The van der Waals surface area contributed by atoms with Gasteiger partial charge in [0, 0.05) is 44.3 Å². The molecule has 1 fully saturated rings. The summed E-state index contributed by atoms with van der Waals surface area (Å²) in [5, 5.41) is 0. The molecule has 20 heavy (non-hydrogen) atoms. The number of likely N-dealkylation sites (tertiary alicyclic amines) is 1. The van der Waals surface area contributed by atoms with Crippen LogP contribution in [0.4, 0.5) is 0 Å². The van der Waals surface area contributed by atoms with Gasteiger partial charge in [-0.25, -0.2) is 9.97 Å². The maximum atomic E-state index is 4.32. The molecule has 3 heterocycles. The van der Waals surface area contributed by atoms with Crippen molar-refractivity contribution in [1.82, 2.24) is 24.0 Å². The van der Waals surface area contributed by atoms with E-state index in [9.17, 15) is 0 Å².